The van der Waals surface area contributed by atoms with Crippen LogP contribution in [0, 0.1) is 17.3 Å². The van der Waals surface area contributed by atoms with Crippen LogP contribution in [0.15, 0.2) is 18.3 Å². The van der Waals surface area contributed by atoms with Gasteiger partial charge in [-0.15, -0.1) is 0 Å². The van der Waals surface area contributed by atoms with Crippen LogP contribution in [0.25, 0.3) is 0 Å². The van der Waals surface area contributed by atoms with Crippen LogP contribution in [0.2, 0.25) is 0 Å². The van der Waals surface area contributed by atoms with Crippen molar-refractivity contribution < 1.29 is 4.39 Å². The Morgan fingerprint density at radius 2 is 2.42 bits per heavy atom. The summed E-state index contributed by atoms with van der Waals surface area (Å²) in [7, 11) is 0. The Labute approximate surface area is 69.6 Å². The van der Waals surface area contributed by atoms with Crippen LogP contribution in [0.4, 0.5) is 4.39 Å². The highest BCUT2D eigenvalue weighted by Gasteiger charge is 2.04. The summed E-state index contributed by atoms with van der Waals surface area (Å²) in [6.45, 7) is 0. The molecule has 0 radical (unpaired) electrons. The summed E-state index contributed by atoms with van der Waals surface area (Å²) >= 11 is 0. The smallest absolute Gasteiger partial charge is 0.212 e. The first-order valence-corrected chi connectivity index (χ1v) is 3.48. The molecule has 0 aromatic carbocycles. The number of rotatable bonds is 2. The molecule has 12 heavy (non-hydrogen) atoms. The summed E-state index contributed by atoms with van der Waals surface area (Å²) in [6.07, 6.45) is 1.56. The van der Waals surface area contributed by atoms with Crippen molar-refractivity contribution in [2.45, 2.75) is 12.5 Å². The molecule has 0 saturated heterocycles. The minimum Gasteiger partial charge on any atom is -0.323 e. The van der Waals surface area contributed by atoms with Gasteiger partial charge in [-0.25, -0.2) is 4.98 Å². The van der Waals surface area contributed by atoms with Crippen molar-refractivity contribution in [3.8, 4) is 6.07 Å². The summed E-state index contributed by atoms with van der Waals surface area (Å²) in [5.41, 5.74) is 6.25. The van der Waals surface area contributed by atoms with Crippen molar-refractivity contribution in [1.82, 2.24) is 4.98 Å². The van der Waals surface area contributed by atoms with Crippen molar-refractivity contribution in [3.63, 3.8) is 0 Å². The number of aromatic nitrogens is 1. The second-order valence-electron chi connectivity index (χ2n) is 2.38. The molecule has 0 amide bonds. The second-order valence-corrected chi connectivity index (χ2v) is 2.38. The zero-order valence-electron chi connectivity index (χ0n) is 6.37. The van der Waals surface area contributed by atoms with E-state index in [1.165, 1.54) is 18.3 Å². The minimum atomic E-state index is -0.539. The van der Waals surface area contributed by atoms with E-state index in [-0.39, 0.29) is 12.5 Å². The first-order valence-electron chi connectivity index (χ1n) is 3.48. The first kappa shape index (κ1) is 8.62. The highest BCUT2D eigenvalue weighted by molar-refractivity contribution is 5.14. The Morgan fingerprint density at radius 1 is 1.67 bits per heavy atom. The monoisotopic (exact) mass is 165 g/mol. The van der Waals surface area contributed by atoms with Gasteiger partial charge in [0.2, 0.25) is 5.95 Å². The third kappa shape index (κ3) is 2.01. The molecule has 2 N–H and O–H groups in total. The van der Waals surface area contributed by atoms with Crippen molar-refractivity contribution in [2.75, 3.05) is 0 Å². The van der Waals surface area contributed by atoms with Gasteiger partial charge in [-0.3, -0.25) is 0 Å². The molecule has 0 aliphatic heterocycles. The Balaban J connectivity index is 2.76. The Morgan fingerprint density at radius 3 is 2.92 bits per heavy atom. The SMILES string of the molecule is N#CCC(N)c1ccc(F)nc1. The lowest BCUT2D eigenvalue weighted by atomic mass is 10.1. The molecular weight excluding hydrogens is 157 g/mol. The maximum Gasteiger partial charge on any atom is 0.212 e. The number of pyridine rings is 1. The normalized spacial score (nSPS) is 12.1. The third-order valence-corrected chi connectivity index (χ3v) is 1.49. The zero-order valence-corrected chi connectivity index (χ0v) is 6.37. The van der Waals surface area contributed by atoms with Crippen LogP contribution in [-0.2, 0) is 0 Å². The summed E-state index contributed by atoms with van der Waals surface area (Å²) < 4.78 is 12.3. The number of hydrogen-bond donors (Lipinski definition) is 1. The van der Waals surface area contributed by atoms with Gasteiger partial charge in [0.05, 0.1) is 12.5 Å². The average molecular weight is 165 g/mol. The summed E-state index contributed by atoms with van der Waals surface area (Å²) in [5, 5.41) is 8.33. The fourth-order valence-electron chi connectivity index (χ4n) is 0.823. The first-order chi connectivity index (χ1) is 5.74. The average Bonchev–Trinajstić information content (AvgIpc) is 2.06. The standard InChI is InChI=1S/C8H8FN3/c9-8-2-1-6(5-12-8)7(11)3-4-10/h1-2,5,7H,3,11H2. The number of nitrogens with zero attached hydrogens (tertiary/aromatic N) is 2. The van der Waals surface area contributed by atoms with Crippen LogP contribution in [0.5, 0.6) is 0 Å². The molecule has 4 heteroatoms. The van der Waals surface area contributed by atoms with E-state index >= 15 is 0 Å². The van der Waals surface area contributed by atoms with Gasteiger partial charge in [0.1, 0.15) is 0 Å². The van der Waals surface area contributed by atoms with Crippen LogP contribution in [0.3, 0.4) is 0 Å². The van der Waals surface area contributed by atoms with E-state index in [2.05, 4.69) is 4.98 Å². The molecule has 0 spiro atoms. The Hall–Kier alpha value is -1.47. The molecule has 0 fully saturated rings. The van der Waals surface area contributed by atoms with E-state index in [9.17, 15) is 4.39 Å². The largest absolute Gasteiger partial charge is 0.323 e. The number of halogens is 1. The lowest BCUT2D eigenvalue weighted by Gasteiger charge is -2.05. The van der Waals surface area contributed by atoms with Crippen LogP contribution >= 0.6 is 0 Å². The van der Waals surface area contributed by atoms with Gasteiger partial charge in [-0.2, -0.15) is 9.65 Å². The van der Waals surface area contributed by atoms with E-state index in [0.29, 0.717) is 5.56 Å². The number of nitriles is 1. The van der Waals surface area contributed by atoms with Gasteiger partial charge < -0.3 is 5.73 Å². The maximum atomic E-state index is 12.3. The predicted octanol–water partition coefficient (Wildman–Crippen LogP) is 1.13. The molecule has 0 aliphatic carbocycles. The van der Waals surface area contributed by atoms with Gasteiger partial charge in [-0.05, 0) is 11.6 Å². The van der Waals surface area contributed by atoms with Gasteiger partial charge >= 0.3 is 0 Å². The predicted molar refractivity (Wildman–Crippen MR) is 41.4 cm³/mol. The number of hydrogen-bond acceptors (Lipinski definition) is 3. The van der Waals surface area contributed by atoms with Crippen molar-refractivity contribution in [1.29, 1.82) is 5.26 Å². The third-order valence-electron chi connectivity index (χ3n) is 1.49. The number of nitrogens with two attached hydrogens (primary N) is 1. The fourth-order valence-corrected chi connectivity index (χ4v) is 0.823. The van der Waals surface area contributed by atoms with Crippen molar-refractivity contribution >= 4 is 0 Å². The van der Waals surface area contributed by atoms with Gasteiger partial charge in [0.25, 0.3) is 0 Å². The fraction of sp³-hybridized carbons (Fsp3) is 0.250. The molecule has 1 aromatic rings. The van der Waals surface area contributed by atoms with Crippen molar-refractivity contribution in [2.24, 2.45) is 5.73 Å². The van der Waals surface area contributed by atoms with Gasteiger partial charge in [-0.1, -0.05) is 6.07 Å². The van der Waals surface area contributed by atoms with Crippen LogP contribution < -0.4 is 5.73 Å². The quantitative estimate of drug-likeness (QED) is 0.668. The second kappa shape index (κ2) is 3.79. The molecule has 0 bridgehead atoms. The summed E-state index contributed by atoms with van der Waals surface area (Å²) in [6, 6.07) is 4.32. The Bertz CT molecular complexity index is 288. The molecule has 3 nitrogen and oxygen atoms in total. The molecule has 1 rings (SSSR count). The highest BCUT2D eigenvalue weighted by Crippen LogP contribution is 2.11. The van der Waals surface area contributed by atoms with Gasteiger partial charge in [0.15, 0.2) is 0 Å². The molecular formula is C8H8FN3. The highest BCUT2D eigenvalue weighted by atomic mass is 19.1. The van der Waals surface area contributed by atoms with E-state index in [0.717, 1.165) is 0 Å². The maximum absolute atomic E-state index is 12.3. The van der Waals surface area contributed by atoms with E-state index < -0.39 is 5.95 Å². The van der Waals surface area contributed by atoms with Crippen LogP contribution in [0.1, 0.15) is 18.0 Å². The van der Waals surface area contributed by atoms with Gasteiger partial charge in [0, 0.05) is 12.2 Å². The topological polar surface area (TPSA) is 62.7 Å². The lowest BCUT2D eigenvalue weighted by Crippen LogP contribution is -2.09. The summed E-state index contributed by atoms with van der Waals surface area (Å²) in [4.78, 5) is 3.43. The molecule has 1 aromatic heterocycles. The molecule has 1 unspecified atom stereocenters. The minimum absolute atomic E-state index is 0.216. The summed E-state index contributed by atoms with van der Waals surface area (Å²) in [5.74, 6) is -0.539. The van der Waals surface area contributed by atoms with E-state index in [1.54, 1.807) is 0 Å². The van der Waals surface area contributed by atoms with E-state index in [4.69, 9.17) is 11.0 Å². The zero-order chi connectivity index (χ0) is 8.97. The van der Waals surface area contributed by atoms with Crippen LogP contribution in [-0.4, -0.2) is 4.98 Å². The molecule has 0 saturated carbocycles. The van der Waals surface area contributed by atoms with E-state index in [1.807, 2.05) is 6.07 Å². The molecule has 1 heterocycles. The molecule has 1 atom stereocenters. The Kier molecular flexibility index (Phi) is 2.72. The molecule has 0 aliphatic rings. The molecule has 62 valence electrons. The van der Waals surface area contributed by atoms with Crippen molar-refractivity contribution in [3.05, 3.63) is 29.8 Å². The lowest BCUT2D eigenvalue weighted by molar-refractivity contribution is 0.579.